The lowest BCUT2D eigenvalue weighted by Crippen LogP contribution is -2.39. The maximum Gasteiger partial charge on any atom is 0.424 e. The van der Waals surface area contributed by atoms with Gasteiger partial charge in [-0.05, 0) is 0 Å². The number of carbonyl (C=O) groups excluding carboxylic acids is 1. The monoisotopic (exact) mass is 239 g/mol. The van der Waals surface area contributed by atoms with E-state index >= 15 is 0 Å². The number of hydrogen-bond donors (Lipinski definition) is 1. The molecule has 1 rings (SSSR count). The molecule has 92 valence electrons. The number of hydrazine groups is 1. The Morgan fingerprint density at radius 3 is 2.71 bits per heavy atom. The molecule has 0 heterocycles. The van der Waals surface area contributed by atoms with Gasteiger partial charge in [0.15, 0.2) is 0 Å². The first-order valence-electron chi connectivity index (χ1n) is 4.85. The van der Waals surface area contributed by atoms with Crippen molar-refractivity contribution in [1.82, 2.24) is 10.4 Å². The van der Waals surface area contributed by atoms with Crippen LogP contribution in [0, 0.1) is 10.1 Å². The van der Waals surface area contributed by atoms with Gasteiger partial charge in [-0.3, -0.25) is 10.1 Å². The molecule has 0 saturated heterocycles. The average Bonchev–Trinajstić information content (AvgIpc) is 2.35. The van der Waals surface area contributed by atoms with Crippen LogP contribution in [-0.4, -0.2) is 30.2 Å². The standard InChI is InChI=1S/C10H13N3O4/c1-11-12(10(14)17-2)7-8-5-3-4-6-9(8)13(15)16/h3-6,11H,7H2,1-2H3. The summed E-state index contributed by atoms with van der Waals surface area (Å²) in [6.07, 6.45) is -0.606. The largest absolute Gasteiger partial charge is 0.452 e. The minimum Gasteiger partial charge on any atom is -0.452 e. The Balaban J connectivity index is 2.93. The van der Waals surface area contributed by atoms with Crippen molar-refractivity contribution in [2.45, 2.75) is 6.54 Å². The molecule has 7 heteroatoms. The van der Waals surface area contributed by atoms with Crippen LogP contribution in [0.5, 0.6) is 0 Å². The van der Waals surface area contributed by atoms with Crippen molar-refractivity contribution in [3.8, 4) is 0 Å². The highest BCUT2D eigenvalue weighted by Gasteiger charge is 2.18. The molecule has 0 bridgehead atoms. The van der Waals surface area contributed by atoms with Crippen molar-refractivity contribution in [2.24, 2.45) is 0 Å². The highest BCUT2D eigenvalue weighted by Crippen LogP contribution is 2.18. The molecule has 0 aliphatic carbocycles. The number of para-hydroxylation sites is 1. The topological polar surface area (TPSA) is 84.7 Å². The predicted octanol–water partition coefficient (Wildman–Crippen LogP) is 1.30. The van der Waals surface area contributed by atoms with E-state index in [1.54, 1.807) is 18.2 Å². The van der Waals surface area contributed by atoms with Gasteiger partial charge >= 0.3 is 6.09 Å². The van der Waals surface area contributed by atoms with Gasteiger partial charge < -0.3 is 4.74 Å². The first-order valence-corrected chi connectivity index (χ1v) is 4.85. The van der Waals surface area contributed by atoms with Gasteiger partial charge in [0.05, 0.1) is 24.1 Å². The Morgan fingerprint density at radius 2 is 2.18 bits per heavy atom. The van der Waals surface area contributed by atoms with Crippen LogP contribution in [0.2, 0.25) is 0 Å². The number of ether oxygens (including phenoxy) is 1. The smallest absolute Gasteiger partial charge is 0.424 e. The number of benzene rings is 1. The summed E-state index contributed by atoms with van der Waals surface area (Å²) in [6, 6.07) is 6.23. The molecule has 0 saturated carbocycles. The van der Waals surface area contributed by atoms with Crippen molar-refractivity contribution < 1.29 is 14.5 Å². The predicted molar refractivity (Wildman–Crippen MR) is 60.1 cm³/mol. The Morgan fingerprint density at radius 1 is 1.53 bits per heavy atom. The Bertz CT molecular complexity index is 422. The van der Waals surface area contributed by atoms with Crippen LogP contribution in [0.3, 0.4) is 0 Å². The highest BCUT2D eigenvalue weighted by molar-refractivity contribution is 5.67. The summed E-state index contributed by atoms with van der Waals surface area (Å²) >= 11 is 0. The van der Waals surface area contributed by atoms with Crippen molar-refractivity contribution in [3.05, 3.63) is 39.9 Å². The van der Waals surface area contributed by atoms with Crippen molar-refractivity contribution in [1.29, 1.82) is 0 Å². The quantitative estimate of drug-likeness (QED) is 0.632. The zero-order valence-corrected chi connectivity index (χ0v) is 9.54. The second-order valence-electron chi connectivity index (χ2n) is 3.17. The van der Waals surface area contributed by atoms with E-state index in [0.717, 1.165) is 5.01 Å². The van der Waals surface area contributed by atoms with E-state index < -0.39 is 11.0 Å². The number of hydrogen-bond acceptors (Lipinski definition) is 5. The number of amides is 1. The van der Waals surface area contributed by atoms with Gasteiger partial charge in [-0.15, -0.1) is 0 Å². The summed E-state index contributed by atoms with van der Waals surface area (Å²) < 4.78 is 4.53. The fraction of sp³-hybridized carbons (Fsp3) is 0.300. The van der Waals surface area contributed by atoms with Crippen LogP contribution >= 0.6 is 0 Å². The van der Waals surface area contributed by atoms with E-state index in [-0.39, 0.29) is 12.2 Å². The van der Waals surface area contributed by atoms with Gasteiger partial charge in [0.1, 0.15) is 0 Å². The number of methoxy groups -OCH3 is 1. The van der Waals surface area contributed by atoms with Crippen LogP contribution in [-0.2, 0) is 11.3 Å². The van der Waals surface area contributed by atoms with Crippen molar-refractivity contribution in [3.63, 3.8) is 0 Å². The maximum absolute atomic E-state index is 11.3. The summed E-state index contributed by atoms with van der Waals surface area (Å²) in [4.78, 5) is 21.6. The molecule has 0 unspecified atom stereocenters. The minimum absolute atomic E-state index is 0.0309. The van der Waals surface area contributed by atoms with Crippen LogP contribution in [0.1, 0.15) is 5.56 Å². The number of nitrogens with zero attached hydrogens (tertiary/aromatic N) is 2. The summed E-state index contributed by atoms with van der Waals surface area (Å²) in [7, 11) is 2.78. The van der Waals surface area contributed by atoms with Gasteiger partial charge in [0, 0.05) is 13.1 Å². The minimum atomic E-state index is -0.606. The number of nitro groups is 1. The third-order valence-corrected chi connectivity index (χ3v) is 2.18. The molecule has 1 aromatic carbocycles. The number of carbonyl (C=O) groups is 1. The molecule has 0 atom stereocenters. The van der Waals surface area contributed by atoms with Crippen LogP contribution < -0.4 is 5.43 Å². The average molecular weight is 239 g/mol. The molecular weight excluding hydrogens is 226 g/mol. The lowest BCUT2D eigenvalue weighted by molar-refractivity contribution is -0.385. The second kappa shape index (κ2) is 5.80. The van der Waals surface area contributed by atoms with Crippen LogP contribution in [0.25, 0.3) is 0 Å². The molecule has 0 aromatic heterocycles. The van der Waals surface area contributed by atoms with Crippen LogP contribution in [0.4, 0.5) is 10.5 Å². The Kier molecular flexibility index (Phi) is 4.41. The summed E-state index contributed by atoms with van der Waals surface area (Å²) in [5, 5.41) is 11.9. The number of nitrogens with one attached hydrogen (secondary N) is 1. The maximum atomic E-state index is 11.3. The van der Waals surface area contributed by atoms with E-state index in [1.165, 1.54) is 20.2 Å². The van der Waals surface area contributed by atoms with E-state index in [9.17, 15) is 14.9 Å². The number of nitro benzene ring substituents is 1. The molecule has 0 fully saturated rings. The fourth-order valence-electron chi connectivity index (χ4n) is 1.34. The Labute approximate surface area is 98.1 Å². The van der Waals surface area contributed by atoms with Crippen LogP contribution in [0.15, 0.2) is 24.3 Å². The molecule has 0 aliphatic rings. The van der Waals surface area contributed by atoms with E-state index in [0.29, 0.717) is 5.56 Å². The van der Waals surface area contributed by atoms with Gasteiger partial charge in [-0.25, -0.2) is 15.2 Å². The van der Waals surface area contributed by atoms with Gasteiger partial charge in [0.25, 0.3) is 5.69 Å². The molecule has 0 aliphatic heterocycles. The fourth-order valence-corrected chi connectivity index (χ4v) is 1.34. The summed E-state index contributed by atoms with van der Waals surface area (Å²) in [5.74, 6) is 0. The van der Waals surface area contributed by atoms with E-state index in [4.69, 9.17) is 0 Å². The molecule has 1 aromatic rings. The molecular formula is C10H13N3O4. The summed E-state index contributed by atoms with van der Waals surface area (Å²) in [5.41, 5.74) is 3.00. The normalized spacial score (nSPS) is 9.76. The van der Waals surface area contributed by atoms with E-state index in [2.05, 4.69) is 10.2 Å². The lowest BCUT2D eigenvalue weighted by atomic mass is 10.2. The zero-order chi connectivity index (χ0) is 12.8. The lowest BCUT2D eigenvalue weighted by Gasteiger charge is -2.19. The second-order valence-corrected chi connectivity index (χ2v) is 3.17. The SMILES string of the molecule is CNN(Cc1ccccc1[N+](=O)[O-])C(=O)OC. The first-order chi connectivity index (χ1) is 8.10. The van der Waals surface area contributed by atoms with Crippen molar-refractivity contribution in [2.75, 3.05) is 14.2 Å². The van der Waals surface area contributed by atoms with Gasteiger partial charge in [-0.1, -0.05) is 18.2 Å². The zero-order valence-electron chi connectivity index (χ0n) is 9.54. The third-order valence-electron chi connectivity index (χ3n) is 2.18. The van der Waals surface area contributed by atoms with E-state index in [1.807, 2.05) is 0 Å². The molecule has 7 nitrogen and oxygen atoms in total. The highest BCUT2D eigenvalue weighted by atomic mass is 16.6. The molecule has 0 radical (unpaired) electrons. The first kappa shape index (κ1) is 12.9. The molecule has 17 heavy (non-hydrogen) atoms. The number of rotatable bonds is 4. The third kappa shape index (κ3) is 3.15. The van der Waals surface area contributed by atoms with Gasteiger partial charge in [0.2, 0.25) is 0 Å². The van der Waals surface area contributed by atoms with Crippen molar-refractivity contribution >= 4 is 11.8 Å². The summed E-state index contributed by atoms with van der Waals surface area (Å²) in [6.45, 7) is 0.0559. The van der Waals surface area contributed by atoms with Gasteiger partial charge in [-0.2, -0.15) is 0 Å². The molecule has 1 N–H and O–H groups in total. The Hall–Kier alpha value is -2.15. The molecule has 1 amide bonds. The molecule has 0 spiro atoms.